The van der Waals surface area contributed by atoms with Gasteiger partial charge in [0.05, 0.1) is 13.0 Å². The molecule has 154 valence electrons. The Morgan fingerprint density at radius 2 is 1.64 bits per heavy atom. The number of esters is 2. The minimum Gasteiger partial charge on any atom is -0.464 e. The summed E-state index contributed by atoms with van der Waals surface area (Å²) in [5.41, 5.74) is 0.830. The highest BCUT2D eigenvalue weighted by molar-refractivity contribution is 5.93. The lowest BCUT2D eigenvalue weighted by Crippen LogP contribution is -2.44. The van der Waals surface area contributed by atoms with Crippen molar-refractivity contribution in [2.75, 3.05) is 33.4 Å². The Balaban J connectivity index is 2.17. The fourth-order valence-corrected chi connectivity index (χ4v) is 1.98. The standard InChI is InChI=1S/C19H27N3O6/c1-3-4-10-26-17(24)14-22(2)18(20)21-19(25)28-12-11-27-16(23)13-15-8-6-5-7-9-15/h5-9H,3-4,10-14H2,1-2H3,(H2,20,21,25). The number of benzene rings is 1. The van der Waals surface area contributed by atoms with Crippen LogP contribution in [-0.4, -0.2) is 62.3 Å². The summed E-state index contributed by atoms with van der Waals surface area (Å²) >= 11 is 0. The zero-order valence-electron chi connectivity index (χ0n) is 16.2. The van der Waals surface area contributed by atoms with Gasteiger partial charge in [0.25, 0.3) is 0 Å². The summed E-state index contributed by atoms with van der Waals surface area (Å²) in [7, 11) is 1.47. The van der Waals surface area contributed by atoms with Crippen LogP contribution in [0.5, 0.6) is 0 Å². The molecule has 0 heterocycles. The SMILES string of the molecule is CCCCOC(=O)CN(C)C(=N)NC(=O)OCCOC(=O)Cc1ccccc1. The first-order valence-corrected chi connectivity index (χ1v) is 9.01. The predicted octanol–water partition coefficient (Wildman–Crippen LogP) is 1.71. The van der Waals surface area contributed by atoms with Crippen LogP contribution in [0.4, 0.5) is 4.79 Å². The minimum absolute atomic E-state index is 0.0913. The third-order valence-corrected chi connectivity index (χ3v) is 3.50. The van der Waals surface area contributed by atoms with Gasteiger partial charge in [-0.05, 0) is 12.0 Å². The van der Waals surface area contributed by atoms with Crippen LogP contribution >= 0.6 is 0 Å². The van der Waals surface area contributed by atoms with E-state index in [9.17, 15) is 14.4 Å². The van der Waals surface area contributed by atoms with Crippen molar-refractivity contribution in [3.8, 4) is 0 Å². The summed E-state index contributed by atoms with van der Waals surface area (Å²) in [4.78, 5) is 36.1. The Labute approximate surface area is 164 Å². The van der Waals surface area contributed by atoms with E-state index < -0.39 is 18.0 Å². The molecule has 0 bridgehead atoms. The number of nitrogens with one attached hydrogen (secondary N) is 2. The van der Waals surface area contributed by atoms with E-state index in [1.807, 2.05) is 37.3 Å². The lowest BCUT2D eigenvalue weighted by molar-refractivity contribution is -0.144. The van der Waals surface area contributed by atoms with Crippen molar-refractivity contribution in [1.82, 2.24) is 10.2 Å². The van der Waals surface area contributed by atoms with Crippen LogP contribution in [0.3, 0.4) is 0 Å². The maximum atomic E-state index is 11.7. The van der Waals surface area contributed by atoms with Gasteiger partial charge in [-0.25, -0.2) is 4.79 Å². The topological polar surface area (TPSA) is 118 Å². The van der Waals surface area contributed by atoms with Gasteiger partial charge in [-0.2, -0.15) is 0 Å². The van der Waals surface area contributed by atoms with Crippen LogP contribution in [0.25, 0.3) is 0 Å². The number of likely N-dealkylation sites (N-methyl/N-ethyl adjacent to an activating group) is 1. The second-order valence-electron chi connectivity index (χ2n) is 5.92. The van der Waals surface area contributed by atoms with Crippen LogP contribution in [-0.2, 0) is 30.2 Å². The summed E-state index contributed by atoms with van der Waals surface area (Å²) < 4.78 is 14.8. The molecular weight excluding hydrogens is 366 g/mol. The predicted molar refractivity (Wildman–Crippen MR) is 102 cm³/mol. The number of carbonyl (C=O) groups is 3. The first kappa shape index (κ1) is 22.9. The molecule has 0 aliphatic rings. The van der Waals surface area contributed by atoms with E-state index in [0.29, 0.717) is 6.61 Å². The zero-order valence-corrected chi connectivity index (χ0v) is 16.2. The lowest BCUT2D eigenvalue weighted by atomic mass is 10.2. The number of alkyl carbamates (subject to hydrolysis) is 1. The van der Waals surface area contributed by atoms with Gasteiger partial charge in [0.2, 0.25) is 5.96 Å². The smallest absolute Gasteiger partial charge is 0.414 e. The average molecular weight is 393 g/mol. The summed E-state index contributed by atoms with van der Waals surface area (Å²) in [6.45, 7) is 1.90. The number of hydrogen-bond donors (Lipinski definition) is 2. The highest BCUT2D eigenvalue weighted by atomic mass is 16.6. The first-order valence-electron chi connectivity index (χ1n) is 9.01. The van der Waals surface area contributed by atoms with Crippen LogP contribution in [0.2, 0.25) is 0 Å². The summed E-state index contributed by atoms with van der Waals surface area (Å²) in [6, 6.07) is 9.13. The number of carbonyl (C=O) groups excluding carboxylic acids is 3. The maximum Gasteiger partial charge on any atom is 0.414 e. The lowest BCUT2D eigenvalue weighted by Gasteiger charge is -2.19. The molecular formula is C19H27N3O6. The second kappa shape index (κ2) is 13.1. The van der Waals surface area contributed by atoms with Crippen molar-refractivity contribution in [3.63, 3.8) is 0 Å². The Hall–Kier alpha value is -3.10. The maximum absolute atomic E-state index is 11.7. The molecule has 9 heteroatoms. The average Bonchev–Trinajstić information content (AvgIpc) is 2.66. The molecule has 1 amide bonds. The summed E-state index contributed by atoms with van der Waals surface area (Å²) in [5, 5.41) is 9.91. The van der Waals surface area contributed by atoms with Gasteiger partial charge in [0, 0.05) is 7.05 Å². The van der Waals surface area contributed by atoms with E-state index in [2.05, 4.69) is 5.32 Å². The Morgan fingerprint density at radius 3 is 2.32 bits per heavy atom. The highest BCUT2D eigenvalue weighted by Gasteiger charge is 2.14. The fraction of sp³-hybridized carbons (Fsp3) is 0.474. The van der Waals surface area contributed by atoms with E-state index >= 15 is 0 Å². The third-order valence-electron chi connectivity index (χ3n) is 3.50. The van der Waals surface area contributed by atoms with Gasteiger partial charge < -0.3 is 19.1 Å². The van der Waals surface area contributed by atoms with E-state index in [-0.39, 0.29) is 32.1 Å². The number of amides is 1. The normalized spacial score (nSPS) is 9.93. The molecule has 1 rings (SSSR count). The molecule has 0 atom stereocenters. The molecule has 0 aliphatic heterocycles. The van der Waals surface area contributed by atoms with Crippen molar-refractivity contribution >= 4 is 24.0 Å². The van der Waals surface area contributed by atoms with Gasteiger partial charge in [0.15, 0.2) is 0 Å². The summed E-state index contributed by atoms with van der Waals surface area (Å²) in [5.74, 6) is -1.22. The van der Waals surface area contributed by atoms with Crippen molar-refractivity contribution < 1.29 is 28.6 Å². The molecule has 0 aromatic heterocycles. The number of unbranched alkanes of at least 4 members (excludes halogenated alkanes) is 1. The van der Waals surface area contributed by atoms with Crippen molar-refractivity contribution in [3.05, 3.63) is 35.9 Å². The molecule has 0 saturated heterocycles. The molecule has 0 radical (unpaired) electrons. The van der Waals surface area contributed by atoms with Crippen LogP contribution in [0, 0.1) is 5.41 Å². The zero-order chi connectivity index (χ0) is 20.8. The largest absolute Gasteiger partial charge is 0.464 e. The third kappa shape index (κ3) is 10.1. The Bertz CT molecular complexity index is 650. The molecule has 1 aromatic rings. The van der Waals surface area contributed by atoms with E-state index in [1.165, 1.54) is 11.9 Å². The number of nitrogens with zero attached hydrogens (tertiary/aromatic N) is 1. The van der Waals surface area contributed by atoms with E-state index in [4.69, 9.17) is 19.6 Å². The van der Waals surface area contributed by atoms with Gasteiger partial charge >= 0.3 is 18.0 Å². The molecule has 0 spiro atoms. The molecule has 0 fully saturated rings. The van der Waals surface area contributed by atoms with Gasteiger partial charge in [-0.15, -0.1) is 0 Å². The Kier molecular flexibility index (Phi) is 10.8. The van der Waals surface area contributed by atoms with Gasteiger partial charge in [-0.1, -0.05) is 43.7 Å². The second-order valence-corrected chi connectivity index (χ2v) is 5.92. The fourth-order valence-electron chi connectivity index (χ4n) is 1.98. The molecule has 2 N–H and O–H groups in total. The number of rotatable bonds is 10. The van der Waals surface area contributed by atoms with Crippen LogP contribution < -0.4 is 5.32 Å². The van der Waals surface area contributed by atoms with E-state index in [0.717, 1.165) is 18.4 Å². The first-order chi connectivity index (χ1) is 13.4. The molecule has 0 aliphatic carbocycles. The number of guanidine groups is 1. The molecule has 0 saturated carbocycles. The van der Waals surface area contributed by atoms with Gasteiger partial charge in [0.1, 0.15) is 19.8 Å². The minimum atomic E-state index is -0.879. The number of hydrogen-bond acceptors (Lipinski definition) is 7. The molecule has 0 unspecified atom stereocenters. The number of ether oxygens (including phenoxy) is 3. The molecule has 28 heavy (non-hydrogen) atoms. The molecule has 1 aromatic carbocycles. The van der Waals surface area contributed by atoms with Crippen molar-refractivity contribution in [2.24, 2.45) is 0 Å². The van der Waals surface area contributed by atoms with Crippen LogP contribution in [0.1, 0.15) is 25.3 Å². The quantitative estimate of drug-likeness (QED) is 0.204. The molecule has 9 nitrogen and oxygen atoms in total. The summed E-state index contributed by atoms with van der Waals surface area (Å²) in [6.07, 6.45) is 0.938. The highest BCUT2D eigenvalue weighted by Crippen LogP contribution is 2.00. The monoisotopic (exact) mass is 393 g/mol. The van der Waals surface area contributed by atoms with Crippen molar-refractivity contribution in [1.29, 1.82) is 5.41 Å². The van der Waals surface area contributed by atoms with Gasteiger partial charge in [-0.3, -0.25) is 20.3 Å². The van der Waals surface area contributed by atoms with Crippen LogP contribution in [0.15, 0.2) is 30.3 Å². The van der Waals surface area contributed by atoms with Crippen molar-refractivity contribution in [2.45, 2.75) is 26.2 Å². The van der Waals surface area contributed by atoms with E-state index in [1.54, 1.807) is 0 Å². The Morgan fingerprint density at radius 1 is 1.00 bits per heavy atom.